The third-order valence-corrected chi connectivity index (χ3v) is 4.17. The van der Waals surface area contributed by atoms with Crippen molar-refractivity contribution in [3.05, 3.63) is 65.2 Å². The molecule has 0 aromatic heterocycles. The molecule has 2 aromatic rings. The van der Waals surface area contributed by atoms with Gasteiger partial charge in [-0.1, -0.05) is 36.4 Å². The van der Waals surface area contributed by atoms with Gasteiger partial charge in [-0.3, -0.25) is 0 Å². The minimum absolute atomic E-state index is 0.297. The van der Waals surface area contributed by atoms with E-state index in [9.17, 15) is 4.79 Å². The fraction of sp³-hybridized carbons (Fsp3) is 0.188. The topological polar surface area (TPSA) is 37.3 Å². The van der Waals surface area contributed by atoms with Gasteiger partial charge in [0.1, 0.15) is 0 Å². The number of rotatable bonds is 4. The van der Waals surface area contributed by atoms with Gasteiger partial charge in [-0.15, -0.1) is 11.8 Å². The summed E-state index contributed by atoms with van der Waals surface area (Å²) >= 11 is 1.67. The first kappa shape index (κ1) is 13.7. The fourth-order valence-electron chi connectivity index (χ4n) is 1.90. The lowest BCUT2D eigenvalue weighted by atomic mass is 10.1. The van der Waals surface area contributed by atoms with Crippen molar-refractivity contribution in [1.29, 1.82) is 0 Å². The highest BCUT2D eigenvalue weighted by Crippen LogP contribution is 2.35. The maximum absolute atomic E-state index is 11.1. The highest BCUT2D eigenvalue weighted by molar-refractivity contribution is 7.99. The van der Waals surface area contributed by atoms with E-state index in [1.165, 1.54) is 5.56 Å². The highest BCUT2D eigenvalue weighted by atomic mass is 32.2. The minimum atomic E-state index is -0.868. The average Bonchev–Trinajstić information content (AvgIpc) is 2.41. The second-order valence-electron chi connectivity index (χ2n) is 4.45. The molecule has 3 heteroatoms. The van der Waals surface area contributed by atoms with Crippen molar-refractivity contribution in [3.8, 4) is 0 Å². The summed E-state index contributed by atoms with van der Waals surface area (Å²) in [7, 11) is 0. The van der Waals surface area contributed by atoms with Crippen molar-refractivity contribution in [2.45, 2.75) is 24.0 Å². The molecular weight excluding hydrogens is 256 g/mol. The van der Waals surface area contributed by atoms with Crippen LogP contribution in [0.2, 0.25) is 0 Å². The maximum atomic E-state index is 11.1. The van der Waals surface area contributed by atoms with E-state index in [0.717, 1.165) is 10.5 Å². The van der Waals surface area contributed by atoms with Gasteiger partial charge in [-0.05, 0) is 37.1 Å². The van der Waals surface area contributed by atoms with E-state index in [2.05, 4.69) is 19.1 Å². The molecule has 0 aliphatic rings. The van der Waals surface area contributed by atoms with E-state index >= 15 is 0 Å². The molecule has 0 saturated heterocycles. The zero-order valence-corrected chi connectivity index (χ0v) is 11.8. The smallest absolute Gasteiger partial charge is 0.335 e. The molecule has 1 atom stereocenters. The van der Waals surface area contributed by atoms with E-state index in [4.69, 9.17) is 5.11 Å². The molecule has 1 unspecified atom stereocenters. The molecule has 2 aromatic carbocycles. The molecule has 2 rings (SSSR count). The molecule has 0 spiro atoms. The molecule has 2 nitrogen and oxygen atoms in total. The molecule has 0 heterocycles. The Hall–Kier alpha value is -1.74. The van der Waals surface area contributed by atoms with Gasteiger partial charge in [0.05, 0.1) is 5.56 Å². The van der Waals surface area contributed by atoms with Crippen molar-refractivity contribution < 1.29 is 9.90 Å². The Morgan fingerprint density at radius 2 is 1.84 bits per heavy atom. The number of carbonyl (C=O) groups is 1. The van der Waals surface area contributed by atoms with Gasteiger partial charge >= 0.3 is 5.97 Å². The molecule has 0 fully saturated rings. The first-order chi connectivity index (χ1) is 9.08. The Bertz CT molecular complexity index is 579. The quantitative estimate of drug-likeness (QED) is 0.830. The van der Waals surface area contributed by atoms with Gasteiger partial charge in [0, 0.05) is 10.1 Å². The average molecular weight is 272 g/mol. The van der Waals surface area contributed by atoms with Crippen molar-refractivity contribution in [1.82, 2.24) is 0 Å². The van der Waals surface area contributed by atoms with Crippen LogP contribution in [0.5, 0.6) is 0 Å². The number of thioether (sulfide) groups is 1. The van der Waals surface area contributed by atoms with Crippen molar-refractivity contribution in [2.24, 2.45) is 0 Å². The van der Waals surface area contributed by atoms with Crippen LogP contribution in [0.3, 0.4) is 0 Å². The second kappa shape index (κ2) is 5.93. The van der Waals surface area contributed by atoms with Gasteiger partial charge < -0.3 is 5.11 Å². The van der Waals surface area contributed by atoms with Crippen LogP contribution in [0, 0.1) is 6.92 Å². The lowest BCUT2D eigenvalue weighted by Gasteiger charge is -2.12. The molecule has 19 heavy (non-hydrogen) atoms. The molecular formula is C16H16O2S. The number of aromatic carboxylic acids is 1. The third kappa shape index (κ3) is 3.38. The number of aryl methyl sites for hydroxylation is 1. The summed E-state index contributed by atoms with van der Waals surface area (Å²) in [6.07, 6.45) is 0. The first-order valence-corrected chi connectivity index (χ1v) is 7.01. The number of carboxylic acid groups (broad SMARTS) is 1. The molecule has 0 aliphatic heterocycles. The number of carboxylic acids is 1. The van der Waals surface area contributed by atoms with Gasteiger partial charge in [0.25, 0.3) is 0 Å². The summed E-state index contributed by atoms with van der Waals surface area (Å²) in [5, 5.41) is 9.43. The Labute approximate surface area is 117 Å². The lowest BCUT2D eigenvalue weighted by molar-refractivity contribution is 0.0696. The van der Waals surface area contributed by atoms with Crippen LogP contribution < -0.4 is 0 Å². The number of benzene rings is 2. The van der Waals surface area contributed by atoms with Crippen LogP contribution in [0.1, 0.15) is 33.7 Å². The number of hydrogen-bond acceptors (Lipinski definition) is 2. The van der Waals surface area contributed by atoms with Crippen LogP contribution in [-0.2, 0) is 0 Å². The van der Waals surface area contributed by atoms with Crippen LogP contribution in [0.25, 0.3) is 0 Å². The van der Waals surface area contributed by atoms with Gasteiger partial charge in [-0.2, -0.15) is 0 Å². The van der Waals surface area contributed by atoms with Crippen LogP contribution in [0.15, 0.2) is 53.4 Å². The SMILES string of the molecule is Cc1ccc(SC(C)c2ccccc2)cc1C(=O)O. The van der Waals surface area contributed by atoms with Crippen molar-refractivity contribution in [3.63, 3.8) is 0 Å². The standard InChI is InChI=1S/C16H16O2S/c1-11-8-9-14(10-15(11)16(17)18)19-12(2)13-6-4-3-5-7-13/h3-10,12H,1-2H3,(H,17,18). The largest absolute Gasteiger partial charge is 0.478 e. The summed E-state index contributed by atoms with van der Waals surface area (Å²) in [5.74, 6) is -0.868. The molecule has 0 amide bonds. The molecule has 0 radical (unpaired) electrons. The Balaban J connectivity index is 2.20. The zero-order valence-electron chi connectivity index (χ0n) is 11.0. The fourth-order valence-corrected chi connectivity index (χ4v) is 2.94. The van der Waals surface area contributed by atoms with Gasteiger partial charge in [0.2, 0.25) is 0 Å². The minimum Gasteiger partial charge on any atom is -0.478 e. The predicted octanol–water partition coefficient (Wildman–Crippen LogP) is 4.55. The lowest BCUT2D eigenvalue weighted by Crippen LogP contribution is -1.99. The maximum Gasteiger partial charge on any atom is 0.335 e. The van der Waals surface area contributed by atoms with Crippen LogP contribution >= 0.6 is 11.8 Å². The van der Waals surface area contributed by atoms with E-state index in [1.807, 2.05) is 37.3 Å². The van der Waals surface area contributed by atoms with E-state index < -0.39 is 5.97 Å². The summed E-state index contributed by atoms with van der Waals surface area (Å²) in [6, 6.07) is 15.8. The van der Waals surface area contributed by atoms with Crippen molar-refractivity contribution >= 4 is 17.7 Å². The second-order valence-corrected chi connectivity index (χ2v) is 5.87. The van der Waals surface area contributed by atoms with Crippen LogP contribution in [0.4, 0.5) is 0 Å². The van der Waals surface area contributed by atoms with Crippen LogP contribution in [-0.4, -0.2) is 11.1 Å². The predicted molar refractivity (Wildman–Crippen MR) is 78.9 cm³/mol. The Morgan fingerprint density at radius 1 is 1.16 bits per heavy atom. The van der Waals surface area contributed by atoms with E-state index in [0.29, 0.717) is 10.8 Å². The normalized spacial score (nSPS) is 12.1. The first-order valence-electron chi connectivity index (χ1n) is 6.13. The molecule has 0 aliphatic carbocycles. The summed E-state index contributed by atoms with van der Waals surface area (Å²) in [5.41, 5.74) is 2.42. The molecule has 98 valence electrons. The molecule has 1 N–H and O–H groups in total. The third-order valence-electron chi connectivity index (χ3n) is 3.02. The highest BCUT2D eigenvalue weighted by Gasteiger charge is 2.11. The monoisotopic (exact) mass is 272 g/mol. The zero-order chi connectivity index (χ0) is 13.8. The summed E-state index contributed by atoms with van der Waals surface area (Å²) in [6.45, 7) is 3.94. The number of hydrogen-bond donors (Lipinski definition) is 1. The van der Waals surface area contributed by atoms with Gasteiger partial charge in [-0.25, -0.2) is 4.79 Å². The summed E-state index contributed by atoms with van der Waals surface area (Å²) in [4.78, 5) is 12.1. The van der Waals surface area contributed by atoms with E-state index in [-0.39, 0.29) is 0 Å². The summed E-state index contributed by atoms with van der Waals surface area (Å²) < 4.78 is 0. The molecule has 0 bridgehead atoms. The Kier molecular flexibility index (Phi) is 4.27. The van der Waals surface area contributed by atoms with Crippen molar-refractivity contribution in [2.75, 3.05) is 0 Å². The Morgan fingerprint density at radius 3 is 2.47 bits per heavy atom. The van der Waals surface area contributed by atoms with E-state index in [1.54, 1.807) is 17.8 Å². The molecule has 0 saturated carbocycles. The van der Waals surface area contributed by atoms with Gasteiger partial charge in [0.15, 0.2) is 0 Å².